The first kappa shape index (κ1) is 10.9. The maximum Gasteiger partial charge on any atom is 0.518 e. The summed E-state index contributed by atoms with van der Waals surface area (Å²) >= 11 is 0. The van der Waals surface area contributed by atoms with Crippen molar-refractivity contribution < 1.29 is 23.8 Å². The van der Waals surface area contributed by atoms with Gasteiger partial charge in [0.2, 0.25) is 0 Å². The van der Waals surface area contributed by atoms with Crippen molar-refractivity contribution in [3.8, 4) is 0 Å². The van der Waals surface area contributed by atoms with Crippen LogP contribution in [0.1, 0.15) is 6.92 Å². The molecule has 0 saturated heterocycles. The second-order valence-corrected chi connectivity index (χ2v) is 1.58. The lowest BCUT2D eigenvalue weighted by atomic mass is 9.57. The van der Waals surface area contributed by atoms with Crippen molar-refractivity contribution in [1.29, 1.82) is 0 Å². The molecule has 3 radical (unpaired) electrons. The smallest absolute Gasteiger partial charge is 0.444 e. The number of carbonyl (C=O) groups is 2. The summed E-state index contributed by atoms with van der Waals surface area (Å²) in [5.41, 5.74) is 0. The monoisotopic (exact) mass is 169 g/mol. The van der Waals surface area contributed by atoms with Crippen LogP contribution in [0.4, 0.5) is 9.59 Å². The molecule has 0 fully saturated rings. The van der Waals surface area contributed by atoms with Gasteiger partial charge in [-0.25, -0.2) is 9.59 Å². The van der Waals surface area contributed by atoms with Gasteiger partial charge < -0.3 is 14.2 Å². The number of carbonyl (C=O) groups excluding carboxylic acids is 2. The second-order valence-electron chi connectivity index (χ2n) is 1.58. The molecule has 0 saturated carbocycles. The molecular weight excluding hydrogens is 162 g/mol. The molecule has 0 aromatic heterocycles. The van der Waals surface area contributed by atoms with E-state index in [1.807, 2.05) is 0 Å². The molecule has 0 N–H and O–H groups in total. The average molecular weight is 169 g/mol. The molecule has 0 aliphatic carbocycles. The van der Waals surface area contributed by atoms with Crippen LogP contribution in [-0.2, 0) is 14.2 Å². The fraction of sp³-hybridized carbons (Fsp3) is 0.600. The van der Waals surface area contributed by atoms with Gasteiger partial charge in [-0.15, -0.1) is 0 Å². The van der Waals surface area contributed by atoms with Gasteiger partial charge in [0.25, 0.3) is 0 Å². The van der Waals surface area contributed by atoms with Gasteiger partial charge >= 0.3 is 12.3 Å². The van der Waals surface area contributed by atoms with Crippen LogP contribution in [0.5, 0.6) is 0 Å². The Labute approximate surface area is 72.0 Å². The average Bonchev–Trinajstić information content (AvgIpc) is 2.01. The first-order valence-corrected chi connectivity index (χ1v) is 3.25. The summed E-state index contributed by atoms with van der Waals surface area (Å²) < 4.78 is 12.5. The molecule has 0 atom stereocenters. The normalized spacial score (nSPS) is 8.42. The molecule has 0 bridgehead atoms. The molecule has 12 heavy (non-hydrogen) atoms. The van der Waals surface area contributed by atoms with Gasteiger partial charge in [-0.1, -0.05) is 0 Å². The van der Waals surface area contributed by atoms with Crippen LogP contribution >= 0.6 is 0 Å². The second kappa shape index (κ2) is 6.57. The molecule has 0 rings (SSSR count). The molecule has 0 aromatic carbocycles. The van der Waals surface area contributed by atoms with Crippen molar-refractivity contribution in [2.75, 3.05) is 13.1 Å². The maximum atomic E-state index is 10.5. The molecule has 0 amide bonds. The third kappa shape index (κ3) is 5.64. The SMILES string of the molecule is [B][B]COC(=O)OC(=O)OCC. The van der Waals surface area contributed by atoms with Gasteiger partial charge in [-0.05, 0) is 6.92 Å². The minimum atomic E-state index is -1.13. The largest absolute Gasteiger partial charge is 0.518 e. The fourth-order valence-electron chi connectivity index (χ4n) is 0.361. The highest BCUT2D eigenvalue weighted by atomic mass is 16.8. The molecule has 63 valence electrons. The Balaban J connectivity index is 3.47. The molecular formula is C5H7B2O5. The lowest BCUT2D eigenvalue weighted by molar-refractivity contribution is 0.0455. The van der Waals surface area contributed by atoms with E-state index in [9.17, 15) is 9.59 Å². The van der Waals surface area contributed by atoms with Crippen LogP contribution in [0.3, 0.4) is 0 Å². The summed E-state index contributed by atoms with van der Waals surface area (Å²) in [6.45, 7) is 1.60. The highest BCUT2D eigenvalue weighted by Gasteiger charge is 2.10. The van der Waals surface area contributed by atoms with Gasteiger partial charge in [0.1, 0.15) is 7.17 Å². The predicted octanol–water partition coefficient (Wildman–Crippen LogP) is 0.0413. The van der Waals surface area contributed by atoms with Crippen molar-refractivity contribution in [3.63, 3.8) is 0 Å². The summed E-state index contributed by atoms with van der Waals surface area (Å²) in [5.74, 6) is 0. The molecule has 7 heteroatoms. The molecule has 0 heterocycles. The zero-order valence-electron chi connectivity index (χ0n) is 6.61. The van der Waals surface area contributed by atoms with Crippen molar-refractivity contribution in [3.05, 3.63) is 0 Å². The van der Waals surface area contributed by atoms with E-state index in [4.69, 9.17) is 7.74 Å². The van der Waals surface area contributed by atoms with Crippen LogP contribution in [0.25, 0.3) is 0 Å². The Morgan fingerprint density at radius 1 is 1.33 bits per heavy atom. The Hall–Kier alpha value is -1.13. The number of ether oxygens (including phenoxy) is 3. The quantitative estimate of drug-likeness (QED) is 0.339. The van der Waals surface area contributed by atoms with E-state index in [1.54, 1.807) is 6.92 Å². The summed E-state index contributed by atoms with van der Waals surface area (Å²) in [4.78, 5) is 20.9. The lowest BCUT2D eigenvalue weighted by Crippen LogP contribution is -2.17. The lowest BCUT2D eigenvalue weighted by Gasteiger charge is -2.02. The van der Waals surface area contributed by atoms with Gasteiger partial charge in [0.05, 0.1) is 13.1 Å². The third-order valence-corrected chi connectivity index (χ3v) is 0.726. The van der Waals surface area contributed by atoms with Crippen molar-refractivity contribution >= 4 is 27.2 Å². The van der Waals surface area contributed by atoms with E-state index in [0.717, 1.165) is 7.17 Å². The molecule has 0 unspecified atom stereocenters. The zero-order valence-corrected chi connectivity index (χ0v) is 6.61. The minimum absolute atomic E-state index is 0.113. The topological polar surface area (TPSA) is 61.8 Å². The maximum absolute atomic E-state index is 10.5. The van der Waals surface area contributed by atoms with Gasteiger partial charge in [0, 0.05) is 7.74 Å². The molecule has 0 aromatic rings. The highest BCUT2D eigenvalue weighted by Crippen LogP contribution is 1.89. The summed E-state index contributed by atoms with van der Waals surface area (Å²) in [6, 6.07) is 0. The van der Waals surface area contributed by atoms with Crippen LogP contribution in [0.2, 0.25) is 0 Å². The van der Waals surface area contributed by atoms with E-state index in [1.165, 1.54) is 0 Å². The summed E-state index contributed by atoms with van der Waals surface area (Å²) in [6.07, 6.45) is -2.21. The van der Waals surface area contributed by atoms with Crippen molar-refractivity contribution in [2.45, 2.75) is 6.92 Å². The van der Waals surface area contributed by atoms with Crippen molar-refractivity contribution in [1.82, 2.24) is 0 Å². The summed E-state index contributed by atoms with van der Waals surface area (Å²) in [5, 5.41) is 0. The highest BCUT2D eigenvalue weighted by molar-refractivity contribution is 6.89. The van der Waals surface area contributed by atoms with E-state index in [0.29, 0.717) is 0 Å². The third-order valence-electron chi connectivity index (χ3n) is 0.726. The van der Waals surface area contributed by atoms with Gasteiger partial charge in [-0.2, -0.15) is 0 Å². The van der Waals surface area contributed by atoms with E-state index >= 15 is 0 Å². The zero-order chi connectivity index (χ0) is 9.40. The van der Waals surface area contributed by atoms with Gasteiger partial charge in [0.15, 0.2) is 0 Å². The Bertz CT molecular complexity index is 160. The Morgan fingerprint density at radius 3 is 2.42 bits per heavy atom. The first-order chi connectivity index (χ1) is 5.70. The minimum Gasteiger partial charge on any atom is -0.444 e. The Kier molecular flexibility index (Phi) is 5.95. The molecule has 0 spiro atoms. The summed E-state index contributed by atoms with van der Waals surface area (Å²) in [7, 11) is 6.00. The van der Waals surface area contributed by atoms with E-state index < -0.39 is 12.3 Å². The number of hydrogen-bond acceptors (Lipinski definition) is 5. The standard InChI is InChI=1S/C5H7B2O5/c1-2-10-4(8)12-5(9)11-3-7-6/h2-3H2,1H3. The molecule has 0 aliphatic heterocycles. The van der Waals surface area contributed by atoms with Crippen molar-refractivity contribution in [2.24, 2.45) is 0 Å². The molecule has 0 aliphatic rings. The fourth-order valence-corrected chi connectivity index (χ4v) is 0.361. The van der Waals surface area contributed by atoms with E-state index in [-0.39, 0.29) is 13.1 Å². The van der Waals surface area contributed by atoms with Crippen LogP contribution in [0.15, 0.2) is 0 Å². The number of hydrogen-bond donors (Lipinski definition) is 0. The van der Waals surface area contributed by atoms with Gasteiger partial charge in [-0.3, -0.25) is 0 Å². The van der Waals surface area contributed by atoms with Crippen LogP contribution in [-0.4, -0.2) is 40.3 Å². The van der Waals surface area contributed by atoms with E-state index in [2.05, 4.69) is 14.2 Å². The Morgan fingerprint density at radius 2 is 1.92 bits per heavy atom. The molecule has 5 nitrogen and oxygen atoms in total. The van der Waals surface area contributed by atoms with Crippen LogP contribution < -0.4 is 0 Å². The first-order valence-electron chi connectivity index (χ1n) is 3.25. The predicted molar refractivity (Wildman–Crippen MR) is 41.0 cm³/mol. The van der Waals surface area contributed by atoms with Crippen LogP contribution in [0, 0.1) is 0 Å². The number of rotatable bonds is 3.